The van der Waals surface area contributed by atoms with Crippen molar-refractivity contribution in [2.24, 2.45) is 0 Å². The molecule has 0 aromatic heterocycles. The molecule has 37 valence electrons. The summed E-state index contributed by atoms with van der Waals surface area (Å²) in [5, 5.41) is 2.01. The molecule has 1 atom stereocenters. The zero-order chi connectivity index (χ0) is 5.11. The van der Waals surface area contributed by atoms with Crippen LogP contribution in [0.4, 0.5) is 0 Å². The molecule has 0 aromatic carbocycles. The van der Waals surface area contributed by atoms with Crippen LogP contribution in [-0.4, -0.2) is 4.58 Å². The van der Waals surface area contributed by atoms with Gasteiger partial charge < -0.3 is 0 Å². The molecule has 0 fully saturated rings. The first-order chi connectivity index (χ1) is 3.39. The van der Waals surface area contributed by atoms with E-state index in [0.29, 0.717) is 0 Å². The predicted octanol–water partition coefficient (Wildman–Crippen LogP) is 2.33. The molecule has 7 heavy (non-hydrogen) atoms. The fourth-order valence-electron chi connectivity index (χ4n) is 0.368. The summed E-state index contributed by atoms with van der Waals surface area (Å²) in [7, 11) is 0. The SMILES string of the molecule is [S]C1C=CC=CS1. The van der Waals surface area contributed by atoms with Crippen LogP contribution >= 0.6 is 24.4 Å². The van der Waals surface area contributed by atoms with Gasteiger partial charge in [0.1, 0.15) is 0 Å². The molecule has 0 spiro atoms. The molecule has 2 heteroatoms. The van der Waals surface area contributed by atoms with Gasteiger partial charge in [0, 0.05) is 0 Å². The molecule has 0 aliphatic carbocycles. The summed E-state index contributed by atoms with van der Waals surface area (Å²) in [5.74, 6) is 0. The van der Waals surface area contributed by atoms with E-state index >= 15 is 0 Å². The average molecular weight is 129 g/mol. The second-order valence-corrected chi connectivity index (χ2v) is 3.08. The summed E-state index contributed by atoms with van der Waals surface area (Å²) in [6.45, 7) is 0. The number of allylic oxidation sites excluding steroid dienone is 2. The quantitative estimate of drug-likeness (QED) is 0.483. The molecule has 0 saturated heterocycles. The lowest BCUT2D eigenvalue weighted by Crippen LogP contribution is -1.83. The molecule has 1 aliphatic heterocycles. The molecule has 0 nitrogen and oxygen atoms in total. The Morgan fingerprint density at radius 3 is 2.57 bits per heavy atom. The van der Waals surface area contributed by atoms with E-state index in [1.54, 1.807) is 11.8 Å². The maximum absolute atomic E-state index is 4.91. The summed E-state index contributed by atoms with van der Waals surface area (Å²) in [6, 6.07) is 0. The fourth-order valence-corrected chi connectivity index (χ4v) is 1.17. The zero-order valence-corrected chi connectivity index (χ0v) is 5.34. The highest BCUT2D eigenvalue weighted by Gasteiger charge is 1.95. The first-order valence-electron chi connectivity index (χ1n) is 2.04. The van der Waals surface area contributed by atoms with E-state index < -0.39 is 0 Å². The van der Waals surface area contributed by atoms with Crippen molar-refractivity contribution in [3.05, 3.63) is 23.6 Å². The van der Waals surface area contributed by atoms with Crippen molar-refractivity contribution in [2.75, 3.05) is 0 Å². The number of rotatable bonds is 0. The van der Waals surface area contributed by atoms with Gasteiger partial charge in [0.15, 0.2) is 0 Å². The molecule has 0 bridgehead atoms. The Bertz CT molecular complexity index is 105. The molecule has 1 unspecified atom stereocenters. The minimum atomic E-state index is 0.269. The second-order valence-electron chi connectivity index (χ2n) is 1.22. The monoisotopic (exact) mass is 129 g/mol. The third-order valence-electron chi connectivity index (χ3n) is 0.671. The van der Waals surface area contributed by atoms with E-state index in [0.717, 1.165) is 0 Å². The average Bonchev–Trinajstić information content (AvgIpc) is 1.69. The molecule has 1 heterocycles. The lowest BCUT2D eigenvalue weighted by Gasteiger charge is -1.99. The molecular formula is C5H5S2. The van der Waals surface area contributed by atoms with E-state index in [1.165, 1.54) is 0 Å². The minimum Gasteiger partial charge on any atom is -0.115 e. The topological polar surface area (TPSA) is 0 Å². The van der Waals surface area contributed by atoms with Crippen LogP contribution in [-0.2, 0) is 0 Å². The van der Waals surface area contributed by atoms with Gasteiger partial charge in [-0.25, -0.2) is 0 Å². The third-order valence-corrected chi connectivity index (χ3v) is 1.90. The van der Waals surface area contributed by atoms with Crippen LogP contribution in [0.15, 0.2) is 23.6 Å². The Hall–Kier alpha value is 0.180. The highest BCUT2D eigenvalue weighted by atomic mass is 32.2. The van der Waals surface area contributed by atoms with Gasteiger partial charge in [-0.1, -0.05) is 30.9 Å². The summed E-state index contributed by atoms with van der Waals surface area (Å²) >= 11 is 6.58. The molecule has 1 rings (SSSR count). The Morgan fingerprint density at radius 1 is 1.43 bits per heavy atom. The van der Waals surface area contributed by atoms with Gasteiger partial charge in [-0.3, -0.25) is 0 Å². The third kappa shape index (κ3) is 1.61. The van der Waals surface area contributed by atoms with Gasteiger partial charge in [0.25, 0.3) is 0 Å². The van der Waals surface area contributed by atoms with Crippen molar-refractivity contribution < 1.29 is 0 Å². The van der Waals surface area contributed by atoms with Crippen LogP contribution in [0, 0.1) is 0 Å². The smallest absolute Gasteiger partial charge is 0.0830 e. The predicted molar refractivity (Wildman–Crippen MR) is 37.3 cm³/mol. The highest BCUT2D eigenvalue weighted by Crippen LogP contribution is 2.20. The van der Waals surface area contributed by atoms with Gasteiger partial charge in [0.05, 0.1) is 4.58 Å². The van der Waals surface area contributed by atoms with Crippen LogP contribution in [0.1, 0.15) is 0 Å². The second kappa shape index (κ2) is 2.48. The first kappa shape index (κ1) is 5.32. The molecule has 0 saturated carbocycles. The normalized spacial score (nSPS) is 28.4. The number of hydrogen-bond donors (Lipinski definition) is 0. The summed E-state index contributed by atoms with van der Waals surface area (Å²) < 4.78 is 0.269. The lowest BCUT2D eigenvalue weighted by molar-refractivity contribution is 1.65. The summed E-state index contributed by atoms with van der Waals surface area (Å²) in [6.07, 6.45) is 5.97. The molecule has 1 aliphatic rings. The first-order valence-corrected chi connectivity index (χ1v) is 3.45. The van der Waals surface area contributed by atoms with Crippen molar-refractivity contribution in [1.29, 1.82) is 0 Å². The van der Waals surface area contributed by atoms with Crippen molar-refractivity contribution in [2.45, 2.75) is 4.58 Å². The Kier molecular flexibility index (Phi) is 1.88. The van der Waals surface area contributed by atoms with Crippen LogP contribution < -0.4 is 0 Å². The Morgan fingerprint density at radius 2 is 2.29 bits per heavy atom. The van der Waals surface area contributed by atoms with E-state index in [1.807, 2.05) is 23.6 Å². The number of thioether (sulfide) groups is 1. The van der Waals surface area contributed by atoms with E-state index in [9.17, 15) is 0 Å². The summed E-state index contributed by atoms with van der Waals surface area (Å²) in [4.78, 5) is 0. The number of hydrogen-bond acceptors (Lipinski definition) is 1. The highest BCUT2D eigenvalue weighted by molar-refractivity contribution is 8.12. The summed E-state index contributed by atoms with van der Waals surface area (Å²) in [5.41, 5.74) is 0. The van der Waals surface area contributed by atoms with Gasteiger partial charge >= 0.3 is 0 Å². The van der Waals surface area contributed by atoms with E-state index in [4.69, 9.17) is 12.6 Å². The van der Waals surface area contributed by atoms with Crippen LogP contribution in [0.3, 0.4) is 0 Å². The van der Waals surface area contributed by atoms with Crippen molar-refractivity contribution in [1.82, 2.24) is 0 Å². The molecular weight excluding hydrogens is 124 g/mol. The lowest BCUT2D eigenvalue weighted by atomic mass is 10.5. The Balaban J connectivity index is 2.49. The van der Waals surface area contributed by atoms with Gasteiger partial charge in [-0.05, 0) is 5.41 Å². The van der Waals surface area contributed by atoms with E-state index in [2.05, 4.69) is 0 Å². The standard InChI is InChI=1S/C5H5S2/c6-5-3-1-2-4-7-5/h1-5H. The maximum Gasteiger partial charge on any atom is 0.0830 e. The Labute approximate surface area is 53.1 Å². The van der Waals surface area contributed by atoms with Crippen LogP contribution in [0.2, 0.25) is 0 Å². The fraction of sp³-hybridized carbons (Fsp3) is 0.200. The van der Waals surface area contributed by atoms with Gasteiger partial charge in [-0.2, -0.15) is 0 Å². The molecule has 1 radical (unpaired) electrons. The maximum atomic E-state index is 4.91. The van der Waals surface area contributed by atoms with Gasteiger partial charge in [-0.15, -0.1) is 11.8 Å². The minimum absolute atomic E-state index is 0.269. The van der Waals surface area contributed by atoms with Crippen molar-refractivity contribution >= 4 is 24.4 Å². The van der Waals surface area contributed by atoms with Crippen LogP contribution in [0.25, 0.3) is 0 Å². The van der Waals surface area contributed by atoms with Gasteiger partial charge in [0.2, 0.25) is 0 Å². The van der Waals surface area contributed by atoms with Crippen molar-refractivity contribution in [3.8, 4) is 0 Å². The largest absolute Gasteiger partial charge is 0.115 e. The molecule has 0 aromatic rings. The molecule has 0 N–H and O–H groups in total. The van der Waals surface area contributed by atoms with Crippen molar-refractivity contribution in [3.63, 3.8) is 0 Å². The molecule has 0 amide bonds. The van der Waals surface area contributed by atoms with Crippen LogP contribution in [0.5, 0.6) is 0 Å². The van der Waals surface area contributed by atoms with E-state index in [-0.39, 0.29) is 4.58 Å². The zero-order valence-electron chi connectivity index (χ0n) is 3.70.